The Balaban J connectivity index is 0.000000182. The second-order valence-corrected chi connectivity index (χ2v) is 12.0. The fourth-order valence-electron chi connectivity index (χ4n) is 4.72. The van der Waals surface area contributed by atoms with Crippen molar-refractivity contribution in [3.8, 4) is 17.2 Å². The van der Waals surface area contributed by atoms with Crippen LogP contribution in [0.2, 0.25) is 5.15 Å². The first-order valence-electron chi connectivity index (χ1n) is 13.3. The van der Waals surface area contributed by atoms with E-state index in [9.17, 15) is 18.7 Å². The lowest BCUT2D eigenvalue weighted by Crippen LogP contribution is -2.41. The van der Waals surface area contributed by atoms with Crippen molar-refractivity contribution in [1.82, 2.24) is 4.98 Å². The molecule has 1 saturated heterocycles. The maximum atomic E-state index is 13.2. The molecule has 1 aliphatic carbocycles. The smallest absolute Gasteiger partial charge is 0.508 e. The maximum absolute atomic E-state index is 13.2. The number of rotatable bonds is 5. The fourth-order valence-corrected chi connectivity index (χ4v) is 4.90. The van der Waals surface area contributed by atoms with Crippen molar-refractivity contribution < 1.29 is 37.5 Å². The Kier molecular flexibility index (Phi) is 7.33. The summed E-state index contributed by atoms with van der Waals surface area (Å²) in [6, 6.07) is 15.1. The number of alkyl halides is 2. The molecule has 3 heterocycles. The van der Waals surface area contributed by atoms with Gasteiger partial charge in [0, 0.05) is 12.1 Å². The van der Waals surface area contributed by atoms with Crippen LogP contribution < -0.4 is 14.9 Å². The number of halogens is 3. The number of nitrogens with zero attached hydrogens (tertiary/aromatic N) is 1. The third-order valence-electron chi connectivity index (χ3n) is 8.07. The van der Waals surface area contributed by atoms with Gasteiger partial charge in [-0.3, -0.25) is 4.79 Å². The summed E-state index contributed by atoms with van der Waals surface area (Å²) in [5, 5.41) is 9.80. The van der Waals surface area contributed by atoms with Crippen molar-refractivity contribution in [3.05, 3.63) is 76.6 Å². The summed E-state index contributed by atoms with van der Waals surface area (Å²) in [6.45, 7) is 9.88. The number of aromatic hydroxyl groups is 1. The van der Waals surface area contributed by atoms with Gasteiger partial charge in [0.25, 0.3) is 0 Å². The van der Waals surface area contributed by atoms with E-state index in [-0.39, 0.29) is 40.7 Å². The van der Waals surface area contributed by atoms with Gasteiger partial charge in [0.15, 0.2) is 11.5 Å². The zero-order valence-electron chi connectivity index (χ0n) is 23.5. The summed E-state index contributed by atoms with van der Waals surface area (Å²) in [5.41, 5.74) is 1.59. The van der Waals surface area contributed by atoms with Crippen molar-refractivity contribution in [2.45, 2.75) is 76.8 Å². The Morgan fingerprint density at radius 2 is 1.63 bits per heavy atom. The summed E-state index contributed by atoms with van der Waals surface area (Å²) >= 11 is 6.01. The monoisotopic (exact) mass is 585 g/mol. The van der Waals surface area contributed by atoms with Crippen LogP contribution in [0, 0.1) is 6.92 Å². The third kappa shape index (κ3) is 5.91. The van der Waals surface area contributed by atoms with Crippen molar-refractivity contribution in [2.75, 3.05) is 0 Å². The maximum Gasteiger partial charge on any atom is 0.586 e. The van der Waals surface area contributed by atoms with Crippen molar-refractivity contribution in [3.63, 3.8) is 0 Å². The lowest BCUT2D eigenvalue weighted by atomic mass is 9.79. The Hall–Kier alpha value is -3.21. The minimum atomic E-state index is -3.66. The highest BCUT2D eigenvalue weighted by Gasteiger charge is 2.53. The van der Waals surface area contributed by atoms with E-state index in [4.69, 9.17) is 20.9 Å². The highest BCUT2D eigenvalue weighted by atomic mass is 35.5. The molecule has 2 aliphatic heterocycles. The van der Waals surface area contributed by atoms with Crippen LogP contribution in [-0.4, -0.2) is 40.5 Å². The van der Waals surface area contributed by atoms with Crippen LogP contribution in [-0.2, 0) is 25.9 Å². The standard InChI is InChI=1S/C18H14ClF2NO3.C12H17BO3/c1-10-2-4-12(22-16(10)19)9-15(23)17(6-7-17)11-3-5-13-14(8-11)25-18(20,21)24-13;1-11(2)12(3,4)16-13(15-11)9-6-5-7-10(14)8-9/h2-5,8H,6-7,9H2,1H3;5-8,14H,1-4H3. The van der Waals surface area contributed by atoms with Gasteiger partial charge in [-0.25, -0.2) is 4.98 Å². The van der Waals surface area contributed by atoms with Crippen LogP contribution in [0.3, 0.4) is 0 Å². The van der Waals surface area contributed by atoms with Gasteiger partial charge >= 0.3 is 13.4 Å². The molecule has 11 heteroatoms. The van der Waals surface area contributed by atoms with E-state index in [0.717, 1.165) is 11.0 Å². The molecule has 3 aliphatic rings. The normalized spacial score (nSPS) is 20.2. The molecule has 2 fully saturated rings. The number of ether oxygens (including phenoxy) is 2. The molecule has 0 radical (unpaired) electrons. The number of ketones is 1. The Morgan fingerprint density at radius 3 is 2.24 bits per heavy atom. The summed E-state index contributed by atoms with van der Waals surface area (Å²) < 4.78 is 47.0. The molecule has 0 atom stereocenters. The molecule has 6 rings (SSSR count). The lowest BCUT2D eigenvalue weighted by molar-refractivity contribution is -0.286. The van der Waals surface area contributed by atoms with E-state index < -0.39 is 18.8 Å². The number of Topliss-reactive ketones (excluding diaryl/α,β-unsaturated/α-hetero) is 1. The van der Waals surface area contributed by atoms with Gasteiger partial charge in [0.05, 0.1) is 16.6 Å². The van der Waals surface area contributed by atoms with E-state index in [1.807, 2.05) is 46.8 Å². The fraction of sp³-hybridized carbons (Fsp3) is 0.400. The summed E-state index contributed by atoms with van der Waals surface area (Å²) in [6.07, 6.45) is -2.18. The molecule has 41 heavy (non-hydrogen) atoms. The molecule has 1 saturated carbocycles. The highest BCUT2D eigenvalue weighted by molar-refractivity contribution is 6.62. The Labute approximate surface area is 242 Å². The first-order valence-corrected chi connectivity index (χ1v) is 13.7. The Morgan fingerprint density at radius 1 is 0.976 bits per heavy atom. The van der Waals surface area contributed by atoms with E-state index in [0.29, 0.717) is 29.3 Å². The average molecular weight is 586 g/mol. The van der Waals surface area contributed by atoms with Gasteiger partial charge in [-0.15, -0.1) is 8.78 Å². The molecular formula is C30H31BClF2NO6. The summed E-state index contributed by atoms with van der Waals surface area (Å²) in [7, 11) is -0.405. The van der Waals surface area contributed by atoms with E-state index >= 15 is 0 Å². The zero-order valence-corrected chi connectivity index (χ0v) is 24.2. The number of phenols is 1. The first kappa shape index (κ1) is 29.3. The largest absolute Gasteiger partial charge is 0.586 e. The van der Waals surface area contributed by atoms with Crippen molar-refractivity contribution in [1.29, 1.82) is 0 Å². The average Bonchev–Trinajstić information content (AvgIpc) is 3.58. The van der Waals surface area contributed by atoms with Crippen LogP contribution in [0.1, 0.15) is 57.4 Å². The molecule has 0 bridgehead atoms. The van der Waals surface area contributed by atoms with Gasteiger partial charge in [-0.1, -0.05) is 35.9 Å². The van der Waals surface area contributed by atoms with Crippen LogP contribution >= 0.6 is 11.6 Å². The molecule has 1 N–H and O–H groups in total. The second kappa shape index (κ2) is 10.3. The first-order chi connectivity index (χ1) is 19.1. The van der Waals surface area contributed by atoms with E-state index in [1.165, 1.54) is 12.1 Å². The van der Waals surface area contributed by atoms with Gasteiger partial charge in [-0.2, -0.15) is 0 Å². The minimum absolute atomic E-state index is 0.00875. The molecular weight excluding hydrogens is 555 g/mol. The predicted molar refractivity (Wildman–Crippen MR) is 150 cm³/mol. The molecule has 2 aromatic carbocycles. The number of hydrogen-bond acceptors (Lipinski definition) is 7. The second-order valence-electron chi connectivity index (χ2n) is 11.6. The number of aromatic nitrogens is 1. The third-order valence-corrected chi connectivity index (χ3v) is 8.45. The molecule has 0 amide bonds. The predicted octanol–water partition coefficient (Wildman–Crippen LogP) is 5.90. The van der Waals surface area contributed by atoms with Crippen LogP contribution in [0.4, 0.5) is 8.78 Å². The zero-order chi connectivity index (χ0) is 29.8. The number of phenolic OH excluding ortho intramolecular Hbond substituents is 1. The number of carbonyl (C=O) groups excluding carboxylic acids is 1. The topological polar surface area (TPSA) is 87.1 Å². The Bertz CT molecular complexity index is 1480. The van der Waals surface area contributed by atoms with Crippen LogP contribution in [0.25, 0.3) is 0 Å². The molecule has 7 nitrogen and oxygen atoms in total. The number of aryl methyl sites for hydroxylation is 1. The van der Waals surface area contributed by atoms with Gasteiger partial charge in [0.1, 0.15) is 16.7 Å². The van der Waals surface area contributed by atoms with Crippen LogP contribution in [0.15, 0.2) is 54.6 Å². The number of benzene rings is 2. The number of carbonyl (C=O) groups is 1. The van der Waals surface area contributed by atoms with E-state index in [2.05, 4.69) is 14.5 Å². The summed E-state index contributed by atoms with van der Waals surface area (Å²) in [5.74, 6) is 0.153. The SMILES string of the molecule is CC1(C)OB(c2cccc(O)c2)OC1(C)C.Cc1ccc(CC(=O)C2(c3ccc4c(c3)OC(F)(F)O4)CC2)nc1Cl. The number of pyridine rings is 1. The van der Waals surface area contributed by atoms with E-state index in [1.54, 1.807) is 30.3 Å². The van der Waals surface area contributed by atoms with Crippen molar-refractivity contribution >= 4 is 30.0 Å². The number of fused-ring (bicyclic) bond motifs is 1. The van der Waals surface area contributed by atoms with Crippen LogP contribution in [0.5, 0.6) is 17.2 Å². The highest BCUT2D eigenvalue weighted by Crippen LogP contribution is 2.52. The van der Waals surface area contributed by atoms with Crippen molar-refractivity contribution in [2.24, 2.45) is 0 Å². The number of hydrogen-bond donors (Lipinski definition) is 1. The molecule has 1 aromatic heterocycles. The minimum Gasteiger partial charge on any atom is -0.508 e. The molecule has 3 aromatic rings. The molecule has 216 valence electrons. The lowest BCUT2D eigenvalue weighted by Gasteiger charge is -2.32. The molecule has 0 spiro atoms. The molecule has 0 unspecified atom stereocenters. The quantitative estimate of drug-likeness (QED) is 0.295. The van der Waals surface area contributed by atoms with Gasteiger partial charge in [0.2, 0.25) is 0 Å². The summed E-state index contributed by atoms with van der Waals surface area (Å²) in [4.78, 5) is 17.0. The van der Waals surface area contributed by atoms with Gasteiger partial charge in [-0.05, 0) is 94.4 Å². The van der Waals surface area contributed by atoms with Gasteiger partial charge < -0.3 is 23.9 Å².